The Hall–Kier alpha value is -2.36. The van der Waals surface area contributed by atoms with Crippen LogP contribution in [0.5, 0.6) is 0 Å². The van der Waals surface area contributed by atoms with Crippen molar-refractivity contribution in [2.45, 2.75) is 24.2 Å². The van der Waals surface area contributed by atoms with Crippen LogP contribution in [0.15, 0.2) is 47.1 Å². The Balaban J connectivity index is 1.36. The number of aryl methyl sites for hydroxylation is 1. The first-order valence-electron chi connectivity index (χ1n) is 8.16. The van der Waals surface area contributed by atoms with Gasteiger partial charge in [-0.05, 0) is 23.9 Å². The average molecular weight is 414 g/mol. The van der Waals surface area contributed by atoms with Gasteiger partial charge in [0.1, 0.15) is 16.4 Å². The van der Waals surface area contributed by atoms with E-state index in [1.807, 2.05) is 42.6 Å². The zero-order chi connectivity index (χ0) is 18.6. The van der Waals surface area contributed by atoms with E-state index in [0.29, 0.717) is 17.3 Å². The molecule has 1 aromatic carbocycles. The zero-order valence-electron chi connectivity index (χ0n) is 14.4. The Morgan fingerprint density at radius 3 is 2.85 bits per heavy atom. The summed E-state index contributed by atoms with van der Waals surface area (Å²) in [6.45, 7) is 2.51. The highest BCUT2D eigenvalue weighted by Gasteiger charge is 2.14. The van der Waals surface area contributed by atoms with Crippen LogP contribution in [0.3, 0.4) is 0 Å². The van der Waals surface area contributed by atoms with E-state index < -0.39 is 0 Å². The minimum absolute atomic E-state index is 0.202. The Morgan fingerprint density at radius 1 is 1.15 bits per heavy atom. The van der Waals surface area contributed by atoms with Gasteiger partial charge in [0.15, 0.2) is 0 Å². The molecule has 9 heteroatoms. The maximum atomic E-state index is 12.3. The van der Waals surface area contributed by atoms with Crippen molar-refractivity contribution in [1.29, 1.82) is 0 Å². The van der Waals surface area contributed by atoms with Gasteiger partial charge >= 0.3 is 0 Å². The molecule has 1 amide bonds. The van der Waals surface area contributed by atoms with Crippen molar-refractivity contribution in [3.8, 4) is 0 Å². The maximum absolute atomic E-state index is 12.3. The molecule has 136 valence electrons. The first-order chi connectivity index (χ1) is 13.2. The lowest BCUT2D eigenvalue weighted by Gasteiger charge is -2.03. The number of carbonyl (C=O) groups excluding carboxylic acids is 1. The van der Waals surface area contributed by atoms with Crippen LogP contribution in [0.4, 0.5) is 0 Å². The van der Waals surface area contributed by atoms with Gasteiger partial charge in [-0.2, -0.15) is 0 Å². The molecule has 4 aromatic rings. The van der Waals surface area contributed by atoms with Crippen LogP contribution >= 0.6 is 34.4 Å². The van der Waals surface area contributed by atoms with Gasteiger partial charge in [-0.15, -0.1) is 21.5 Å². The largest absolute Gasteiger partial charge is 0.346 e. The fourth-order valence-electron chi connectivity index (χ4n) is 2.37. The van der Waals surface area contributed by atoms with E-state index in [4.69, 9.17) is 0 Å². The van der Waals surface area contributed by atoms with E-state index in [0.717, 1.165) is 25.8 Å². The molecule has 3 heterocycles. The molecule has 0 fully saturated rings. The van der Waals surface area contributed by atoms with E-state index in [1.165, 1.54) is 16.9 Å². The summed E-state index contributed by atoms with van der Waals surface area (Å²) in [6, 6.07) is 10.0. The molecule has 0 aliphatic carbocycles. The van der Waals surface area contributed by atoms with Gasteiger partial charge in [0.05, 0.1) is 16.0 Å². The molecule has 0 spiro atoms. The number of hydrogen-bond acceptors (Lipinski definition) is 8. The van der Waals surface area contributed by atoms with Gasteiger partial charge in [0.2, 0.25) is 5.01 Å². The quantitative estimate of drug-likeness (QED) is 0.379. The Kier molecular flexibility index (Phi) is 5.42. The Morgan fingerprint density at radius 2 is 2.00 bits per heavy atom. The van der Waals surface area contributed by atoms with Crippen LogP contribution in [0.2, 0.25) is 0 Å². The van der Waals surface area contributed by atoms with Crippen LogP contribution in [-0.2, 0) is 12.3 Å². The summed E-state index contributed by atoms with van der Waals surface area (Å²) in [5, 5.41) is 15.1. The first kappa shape index (κ1) is 18.0. The number of nitrogens with one attached hydrogen (secondary N) is 1. The normalized spacial score (nSPS) is 11.0. The standard InChI is InChI=1S/C18H15N5OS3/c1-11-2-4-12(5-3-11)8-19-16(24)18-23-22-14(27-18)9-26-17-15-13(6-7-25-15)20-10-21-17/h2-7,10H,8-9H2,1H3,(H,19,24). The van der Waals surface area contributed by atoms with Crippen molar-refractivity contribution in [2.24, 2.45) is 0 Å². The number of hydrogen-bond donors (Lipinski definition) is 1. The number of thioether (sulfide) groups is 1. The summed E-state index contributed by atoms with van der Waals surface area (Å²) in [7, 11) is 0. The molecule has 1 N–H and O–H groups in total. The Bertz CT molecular complexity index is 1070. The van der Waals surface area contributed by atoms with E-state index >= 15 is 0 Å². The highest BCUT2D eigenvalue weighted by atomic mass is 32.2. The van der Waals surface area contributed by atoms with Crippen LogP contribution in [0.1, 0.15) is 25.9 Å². The SMILES string of the molecule is Cc1ccc(CNC(=O)c2nnc(CSc3ncnc4ccsc34)s2)cc1. The number of benzene rings is 1. The highest BCUT2D eigenvalue weighted by molar-refractivity contribution is 7.98. The second-order valence-corrected chi connectivity index (χ2v) is 8.71. The van der Waals surface area contributed by atoms with Crippen molar-refractivity contribution in [1.82, 2.24) is 25.5 Å². The molecule has 6 nitrogen and oxygen atoms in total. The molecule has 0 aliphatic heterocycles. The van der Waals surface area contributed by atoms with Crippen molar-refractivity contribution < 1.29 is 4.79 Å². The van der Waals surface area contributed by atoms with Crippen LogP contribution in [0, 0.1) is 6.92 Å². The molecule has 0 atom stereocenters. The second kappa shape index (κ2) is 8.12. The Labute approximate surface area is 168 Å². The monoisotopic (exact) mass is 413 g/mol. The fraction of sp³-hybridized carbons (Fsp3) is 0.167. The fourth-order valence-corrected chi connectivity index (χ4v) is 5.06. The molecule has 0 radical (unpaired) electrons. The summed E-state index contributed by atoms with van der Waals surface area (Å²) >= 11 is 4.51. The molecular weight excluding hydrogens is 398 g/mol. The number of nitrogens with zero attached hydrogens (tertiary/aromatic N) is 4. The lowest BCUT2D eigenvalue weighted by atomic mass is 10.1. The number of thiophene rings is 1. The van der Waals surface area contributed by atoms with Gasteiger partial charge in [-0.3, -0.25) is 4.79 Å². The maximum Gasteiger partial charge on any atom is 0.282 e. The average Bonchev–Trinajstić information content (AvgIpc) is 3.35. The van der Waals surface area contributed by atoms with E-state index in [2.05, 4.69) is 25.5 Å². The zero-order valence-corrected chi connectivity index (χ0v) is 16.8. The predicted molar refractivity (Wildman–Crippen MR) is 109 cm³/mol. The summed E-state index contributed by atoms with van der Waals surface area (Å²) in [6.07, 6.45) is 1.57. The van der Waals surface area contributed by atoms with Gasteiger partial charge in [-0.25, -0.2) is 9.97 Å². The summed E-state index contributed by atoms with van der Waals surface area (Å²) in [4.78, 5) is 20.9. The van der Waals surface area contributed by atoms with Crippen molar-refractivity contribution in [3.63, 3.8) is 0 Å². The molecule has 0 saturated carbocycles. The molecule has 27 heavy (non-hydrogen) atoms. The molecule has 0 aliphatic rings. The highest BCUT2D eigenvalue weighted by Crippen LogP contribution is 2.31. The van der Waals surface area contributed by atoms with Crippen molar-refractivity contribution in [3.05, 3.63) is 63.2 Å². The molecular formula is C18H15N5OS3. The smallest absolute Gasteiger partial charge is 0.282 e. The predicted octanol–water partition coefficient (Wildman–Crippen LogP) is 4.07. The van der Waals surface area contributed by atoms with Gasteiger partial charge < -0.3 is 5.32 Å². The number of carbonyl (C=O) groups is 1. The number of fused-ring (bicyclic) bond motifs is 1. The molecule has 0 bridgehead atoms. The molecule has 4 rings (SSSR count). The lowest BCUT2D eigenvalue weighted by Crippen LogP contribution is -2.22. The molecule has 0 unspecified atom stereocenters. The lowest BCUT2D eigenvalue weighted by molar-refractivity contribution is 0.0950. The van der Waals surface area contributed by atoms with E-state index in [-0.39, 0.29) is 5.91 Å². The topological polar surface area (TPSA) is 80.7 Å². The number of rotatable bonds is 6. The van der Waals surface area contributed by atoms with Crippen molar-refractivity contribution >= 4 is 50.6 Å². The van der Waals surface area contributed by atoms with Crippen LogP contribution in [0.25, 0.3) is 10.2 Å². The summed E-state index contributed by atoms with van der Waals surface area (Å²) in [5.74, 6) is 0.416. The third kappa shape index (κ3) is 4.32. The second-order valence-electron chi connectivity index (χ2n) is 5.77. The summed E-state index contributed by atoms with van der Waals surface area (Å²) in [5.41, 5.74) is 3.20. The number of aromatic nitrogens is 4. The van der Waals surface area contributed by atoms with Crippen LogP contribution < -0.4 is 5.32 Å². The van der Waals surface area contributed by atoms with Crippen molar-refractivity contribution in [2.75, 3.05) is 0 Å². The minimum atomic E-state index is -0.202. The van der Waals surface area contributed by atoms with Gasteiger partial charge in [0, 0.05) is 6.54 Å². The number of amides is 1. The molecule has 0 saturated heterocycles. The molecule has 3 aromatic heterocycles. The van der Waals surface area contributed by atoms with E-state index in [1.54, 1.807) is 29.4 Å². The third-order valence-corrected chi connectivity index (χ3v) is 6.92. The van der Waals surface area contributed by atoms with Gasteiger partial charge in [-0.1, -0.05) is 52.9 Å². The summed E-state index contributed by atoms with van der Waals surface area (Å²) < 4.78 is 1.07. The third-order valence-electron chi connectivity index (χ3n) is 3.78. The van der Waals surface area contributed by atoms with Crippen LogP contribution in [-0.4, -0.2) is 26.1 Å². The minimum Gasteiger partial charge on any atom is -0.346 e. The van der Waals surface area contributed by atoms with E-state index in [9.17, 15) is 4.79 Å². The first-order valence-corrected chi connectivity index (χ1v) is 10.8. The van der Waals surface area contributed by atoms with Gasteiger partial charge in [0.25, 0.3) is 5.91 Å².